The molecule has 1 aromatic heterocycles. The Bertz CT molecular complexity index is 844. The van der Waals surface area contributed by atoms with Gasteiger partial charge in [-0.25, -0.2) is 0 Å². The van der Waals surface area contributed by atoms with Crippen LogP contribution in [0.5, 0.6) is 0 Å². The van der Waals surface area contributed by atoms with Crippen molar-refractivity contribution in [3.05, 3.63) is 46.0 Å². The normalized spacial score (nSPS) is 23.6. The Balaban J connectivity index is 1.22. The second-order valence-electron chi connectivity index (χ2n) is 7.97. The average molecular weight is 431 g/mol. The number of carbonyl (C=O) groups is 1. The fourth-order valence-corrected chi connectivity index (χ4v) is 4.57. The molecule has 1 aromatic carbocycles. The van der Waals surface area contributed by atoms with Gasteiger partial charge in [-0.2, -0.15) is 4.98 Å². The van der Waals surface area contributed by atoms with E-state index in [4.69, 9.17) is 9.51 Å². The van der Waals surface area contributed by atoms with Gasteiger partial charge in [0.15, 0.2) is 5.82 Å². The third-order valence-electron chi connectivity index (χ3n) is 5.93. The van der Waals surface area contributed by atoms with Crippen molar-refractivity contribution in [3.63, 3.8) is 0 Å². The first-order valence-corrected chi connectivity index (χ1v) is 10.6. The topological polar surface area (TPSA) is 62.5 Å². The molecule has 27 heavy (non-hydrogen) atoms. The number of nitrogens with zero attached hydrogens (tertiary/aromatic N) is 4. The van der Waals surface area contributed by atoms with Gasteiger partial charge in [0.1, 0.15) is 0 Å². The molecule has 1 saturated carbocycles. The van der Waals surface area contributed by atoms with E-state index in [1.807, 2.05) is 29.2 Å². The molecule has 7 heteroatoms. The number of halogens is 1. The lowest BCUT2D eigenvalue weighted by Gasteiger charge is -2.37. The van der Waals surface area contributed by atoms with Crippen LogP contribution in [0.25, 0.3) is 0 Å². The maximum absolute atomic E-state index is 12.6. The molecule has 2 saturated heterocycles. The fraction of sp³-hybridized carbons (Fsp3) is 0.550. The second kappa shape index (κ2) is 7.02. The van der Waals surface area contributed by atoms with Crippen LogP contribution in [0.3, 0.4) is 0 Å². The van der Waals surface area contributed by atoms with Gasteiger partial charge in [0, 0.05) is 24.1 Å². The lowest BCUT2D eigenvalue weighted by atomic mass is 9.98. The molecule has 3 fully saturated rings. The van der Waals surface area contributed by atoms with E-state index in [0.29, 0.717) is 18.7 Å². The van der Waals surface area contributed by atoms with Crippen molar-refractivity contribution in [2.24, 2.45) is 5.92 Å². The van der Waals surface area contributed by atoms with Crippen LogP contribution in [0.15, 0.2) is 33.3 Å². The minimum Gasteiger partial charge on any atom is -0.338 e. The van der Waals surface area contributed by atoms with Crippen LogP contribution in [0, 0.1) is 5.92 Å². The standard InChI is InChI=1S/C20H23BrN4O2/c21-16-5-2-1-4-15(16)20(26)25-11-14(12-25)18-22-19(27-23-18)17-6-3-9-24(17)10-13-7-8-13/h1-2,4-5,13-14,17H,3,6-12H2. The molecule has 5 rings (SSSR count). The molecule has 0 spiro atoms. The predicted octanol–water partition coefficient (Wildman–Crippen LogP) is 3.62. The van der Waals surface area contributed by atoms with Gasteiger partial charge in [-0.05, 0) is 66.2 Å². The van der Waals surface area contributed by atoms with E-state index in [0.717, 1.165) is 35.1 Å². The SMILES string of the molecule is O=C(c1ccccc1Br)N1CC(c2noc(C3CCCN3CC3CC3)n2)C1. The van der Waals surface area contributed by atoms with Crippen molar-refractivity contribution in [3.8, 4) is 0 Å². The number of carbonyl (C=O) groups excluding carboxylic acids is 1. The molecule has 142 valence electrons. The highest BCUT2D eigenvalue weighted by Crippen LogP contribution is 2.38. The third-order valence-corrected chi connectivity index (χ3v) is 6.63. The summed E-state index contributed by atoms with van der Waals surface area (Å²) in [6, 6.07) is 7.82. The van der Waals surface area contributed by atoms with E-state index in [-0.39, 0.29) is 17.9 Å². The zero-order chi connectivity index (χ0) is 18.4. The molecule has 0 bridgehead atoms. The molecule has 0 radical (unpaired) electrons. The zero-order valence-electron chi connectivity index (χ0n) is 15.2. The molecule has 6 nitrogen and oxygen atoms in total. The Morgan fingerprint density at radius 2 is 2.04 bits per heavy atom. The summed E-state index contributed by atoms with van der Waals surface area (Å²) in [6.45, 7) is 3.60. The van der Waals surface area contributed by atoms with Crippen LogP contribution < -0.4 is 0 Å². The Morgan fingerprint density at radius 3 is 2.81 bits per heavy atom. The van der Waals surface area contributed by atoms with Crippen LogP contribution in [-0.2, 0) is 0 Å². The van der Waals surface area contributed by atoms with Gasteiger partial charge >= 0.3 is 0 Å². The Morgan fingerprint density at radius 1 is 1.22 bits per heavy atom. The molecule has 1 unspecified atom stereocenters. The number of likely N-dealkylation sites (tertiary alicyclic amines) is 2. The number of rotatable bonds is 5. The molecule has 1 aliphatic carbocycles. The summed E-state index contributed by atoms with van der Waals surface area (Å²) in [7, 11) is 0. The average Bonchev–Trinajstić information content (AvgIpc) is 3.12. The summed E-state index contributed by atoms with van der Waals surface area (Å²) >= 11 is 3.45. The predicted molar refractivity (Wildman–Crippen MR) is 103 cm³/mol. The van der Waals surface area contributed by atoms with Gasteiger partial charge in [-0.1, -0.05) is 17.3 Å². The van der Waals surface area contributed by atoms with Crippen molar-refractivity contribution in [2.75, 3.05) is 26.2 Å². The van der Waals surface area contributed by atoms with Gasteiger partial charge in [-0.3, -0.25) is 9.69 Å². The molecule has 3 aliphatic rings. The van der Waals surface area contributed by atoms with Gasteiger partial charge in [0.2, 0.25) is 5.89 Å². The van der Waals surface area contributed by atoms with Crippen LogP contribution in [0.1, 0.15) is 59.7 Å². The second-order valence-corrected chi connectivity index (χ2v) is 8.83. The monoisotopic (exact) mass is 430 g/mol. The Hall–Kier alpha value is -1.73. The summed E-state index contributed by atoms with van der Waals surface area (Å²) < 4.78 is 6.45. The highest BCUT2D eigenvalue weighted by atomic mass is 79.9. The molecular formula is C20H23BrN4O2. The summed E-state index contributed by atoms with van der Waals surface area (Å²) in [6.07, 6.45) is 5.03. The van der Waals surface area contributed by atoms with Crippen molar-refractivity contribution in [2.45, 2.75) is 37.6 Å². The van der Waals surface area contributed by atoms with Crippen molar-refractivity contribution >= 4 is 21.8 Å². The summed E-state index contributed by atoms with van der Waals surface area (Å²) in [5.41, 5.74) is 0.700. The van der Waals surface area contributed by atoms with Gasteiger partial charge < -0.3 is 9.42 Å². The van der Waals surface area contributed by atoms with Crippen molar-refractivity contribution < 1.29 is 9.32 Å². The largest absolute Gasteiger partial charge is 0.338 e. The molecule has 2 aliphatic heterocycles. The fourth-order valence-electron chi connectivity index (χ4n) is 4.12. The maximum atomic E-state index is 12.6. The molecule has 1 atom stereocenters. The Kier molecular flexibility index (Phi) is 4.52. The highest BCUT2D eigenvalue weighted by molar-refractivity contribution is 9.10. The lowest BCUT2D eigenvalue weighted by molar-refractivity contribution is 0.0591. The number of amides is 1. The first-order chi connectivity index (χ1) is 13.2. The van der Waals surface area contributed by atoms with Crippen LogP contribution in [0.2, 0.25) is 0 Å². The quantitative estimate of drug-likeness (QED) is 0.724. The summed E-state index contributed by atoms with van der Waals surface area (Å²) in [5, 5.41) is 4.24. The van der Waals surface area contributed by atoms with Crippen LogP contribution >= 0.6 is 15.9 Å². The Labute approximate surface area is 167 Å². The smallest absolute Gasteiger partial charge is 0.255 e. The van der Waals surface area contributed by atoms with E-state index in [2.05, 4.69) is 26.0 Å². The van der Waals surface area contributed by atoms with Crippen molar-refractivity contribution in [1.82, 2.24) is 19.9 Å². The minimum atomic E-state index is 0.0499. The molecule has 3 heterocycles. The minimum absolute atomic E-state index is 0.0499. The van der Waals surface area contributed by atoms with E-state index in [1.165, 1.54) is 25.8 Å². The molecule has 1 amide bonds. The number of hydrogen-bond donors (Lipinski definition) is 0. The van der Waals surface area contributed by atoms with Gasteiger partial charge in [0.05, 0.1) is 17.5 Å². The maximum Gasteiger partial charge on any atom is 0.255 e. The molecule has 2 aromatic rings. The number of aromatic nitrogens is 2. The van der Waals surface area contributed by atoms with E-state index in [9.17, 15) is 4.79 Å². The number of hydrogen-bond acceptors (Lipinski definition) is 5. The number of benzene rings is 1. The van der Waals surface area contributed by atoms with Crippen LogP contribution in [-0.4, -0.2) is 52.0 Å². The van der Waals surface area contributed by atoms with Gasteiger partial charge in [0.25, 0.3) is 5.91 Å². The van der Waals surface area contributed by atoms with Gasteiger partial charge in [-0.15, -0.1) is 0 Å². The van der Waals surface area contributed by atoms with Crippen LogP contribution in [0.4, 0.5) is 0 Å². The first kappa shape index (κ1) is 17.4. The zero-order valence-corrected chi connectivity index (χ0v) is 16.8. The van der Waals surface area contributed by atoms with Crippen molar-refractivity contribution in [1.29, 1.82) is 0 Å². The first-order valence-electron chi connectivity index (χ1n) is 9.80. The highest BCUT2D eigenvalue weighted by Gasteiger charge is 2.38. The van der Waals surface area contributed by atoms with E-state index < -0.39 is 0 Å². The molecular weight excluding hydrogens is 408 g/mol. The van der Waals surface area contributed by atoms with E-state index >= 15 is 0 Å². The lowest BCUT2D eigenvalue weighted by Crippen LogP contribution is -2.48. The third kappa shape index (κ3) is 3.43. The molecule has 0 N–H and O–H groups in total. The summed E-state index contributed by atoms with van der Waals surface area (Å²) in [5.74, 6) is 2.61. The van der Waals surface area contributed by atoms with E-state index in [1.54, 1.807) is 0 Å². The summed E-state index contributed by atoms with van der Waals surface area (Å²) in [4.78, 5) is 21.7.